The van der Waals surface area contributed by atoms with Gasteiger partial charge in [0, 0.05) is 19.7 Å². The number of rotatable bonds is 9. The average molecular weight is 411 g/mol. The Morgan fingerprint density at radius 3 is 2.50 bits per heavy atom. The van der Waals surface area contributed by atoms with Gasteiger partial charge in [0.2, 0.25) is 0 Å². The molecule has 0 radical (unpaired) electrons. The summed E-state index contributed by atoms with van der Waals surface area (Å²) in [6.07, 6.45) is 2.91. The highest BCUT2D eigenvalue weighted by Gasteiger charge is 2.12. The predicted octanol–water partition coefficient (Wildman–Crippen LogP) is 4.01. The van der Waals surface area contributed by atoms with E-state index in [-0.39, 0.29) is 18.6 Å². The number of nitrogens with zero attached hydrogens (tertiary/aromatic N) is 1. The van der Waals surface area contributed by atoms with Gasteiger partial charge in [-0.05, 0) is 55.7 Å². The molecule has 0 aliphatic heterocycles. The summed E-state index contributed by atoms with van der Waals surface area (Å²) < 4.78 is 16.1. The Morgan fingerprint density at radius 2 is 1.83 bits per heavy atom. The number of benzene rings is 2. The third-order valence-corrected chi connectivity index (χ3v) is 4.39. The minimum atomic E-state index is -0.589. The van der Waals surface area contributed by atoms with E-state index < -0.39 is 5.97 Å². The van der Waals surface area contributed by atoms with Crippen molar-refractivity contribution in [1.82, 2.24) is 4.90 Å². The second-order valence-corrected chi connectivity index (χ2v) is 7.19. The summed E-state index contributed by atoms with van der Waals surface area (Å²) in [4.78, 5) is 25.8. The van der Waals surface area contributed by atoms with Crippen LogP contribution in [-0.4, -0.2) is 43.6 Å². The Kier molecular flexibility index (Phi) is 8.47. The number of esters is 1. The molecule has 1 amide bonds. The quantitative estimate of drug-likeness (QED) is 0.461. The standard InChI is InChI=1S/C24H29NO5/c1-17(2)30-21-12-10-19(14-22(21)28-5)11-13-24(27)29-16-23(26)25(4)15-20-9-7-6-8-18(20)3/h6-14,17H,15-16H2,1-5H3/b13-11+. The number of carbonyl (C=O) groups is 2. The van der Waals surface area contributed by atoms with Crippen molar-refractivity contribution in [3.05, 3.63) is 65.2 Å². The van der Waals surface area contributed by atoms with E-state index in [0.717, 1.165) is 16.7 Å². The van der Waals surface area contributed by atoms with Gasteiger partial charge < -0.3 is 19.1 Å². The predicted molar refractivity (Wildman–Crippen MR) is 116 cm³/mol. The van der Waals surface area contributed by atoms with Gasteiger partial charge in [-0.1, -0.05) is 30.3 Å². The van der Waals surface area contributed by atoms with Crippen molar-refractivity contribution >= 4 is 18.0 Å². The highest BCUT2D eigenvalue weighted by atomic mass is 16.5. The Bertz CT molecular complexity index is 904. The Hall–Kier alpha value is -3.28. The van der Waals surface area contributed by atoms with Crippen molar-refractivity contribution in [3.8, 4) is 11.5 Å². The molecule has 0 fully saturated rings. The molecule has 0 bridgehead atoms. The molecule has 0 N–H and O–H groups in total. The molecule has 0 heterocycles. The molecular formula is C24H29NO5. The van der Waals surface area contributed by atoms with Crippen molar-refractivity contribution in [1.29, 1.82) is 0 Å². The first kappa shape index (κ1) is 23.0. The largest absolute Gasteiger partial charge is 0.493 e. The SMILES string of the molecule is COc1cc(/C=C/C(=O)OCC(=O)N(C)Cc2ccccc2C)ccc1OC(C)C. The maximum absolute atomic E-state index is 12.2. The number of carbonyl (C=O) groups excluding carboxylic acids is 2. The van der Waals surface area contributed by atoms with Gasteiger partial charge in [0.25, 0.3) is 5.91 Å². The molecule has 160 valence electrons. The first-order valence-corrected chi connectivity index (χ1v) is 9.78. The lowest BCUT2D eigenvalue weighted by Crippen LogP contribution is -2.30. The van der Waals surface area contributed by atoms with Crippen LogP contribution in [0.4, 0.5) is 0 Å². The molecule has 0 unspecified atom stereocenters. The summed E-state index contributed by atoms with van der Waals surface area (Å²) in [5.74, 6) is 0.354. The molecule has 6 heteroatoms. The van der Waals surface area contributed by atoms with E-state index in [1.165, 1.54) is 11.0 Å². The highest BCUT2D eigenvalue weighted by molar-refractivity contribution is 5.89. The second-order valence-electron chi connectivity index (χ2n) is 7.19. The maximum Gasteiger partial charge on any atom is 0.331 e. The molecule has 0 aromatic heterocycles. The minimum Gasteiger partial charge on any atom is -0.493 e. The fraction of sp³-hybridized carbons (Fsp3) is 0.333. The van der Waals surface area contributed by atoms with Crippen LogP contribution in [-0.2, 0) is 20.9 Å². The molecule has 0 aliphatic carbocycles. The van der Waals surface area contributed by atoms with Crippen LogP contribution in [0.3, 0.4) is 0 Å². The molecule has 0 atom stereocenters. The third-order valence-electron chi connectivity index (χ3n) is 4.39. The van der Waals surface area contributed by atoms with Crippen LogP contribution >= 0.6 is 0 Å². The first-order chi connectivity index (χ1) is 14.3. The fourth-order valence-corrected chi connectivity index (χ4v) is 2.73. The molecule has 2 rings (SSSR count). The van der Waals surface area contributed by atoms with Crippen molar-refractivity contribution in [2.24, 2.45) is 0 Å². The summed E-state index contributed by atoms with van der Waals surface area (Å²) in [6, 6.07) is 13.2. The molecular weight excluding hydrogens is 382 g/mol. The Labute approximate surface area is 178 Å². The molecule has 0 spiro atoms. The van der Waals surface area contributed by atoms with Crippen molar-refractivity contribution < 1.29 is 23.8 Å². The van der Waals surface area contributed by atoms with E-state index in [1.54, 1.807) is 32.4 Å². The zero-order chi connectivity index (χ0) is 22.1. The number of methoxy groups -OCH3 is 1. The van der Waals surface area contributed by atoms with E-state index in [9.17, 15) is 9.59 Å². The van der Waals surface area contributed by atoms with Crippen LogP contribution < -0.4 is 9.47 Å². The zero-order valence-corrected chi connectivity index (χ0v) is 18.2. The van der Waals surface area contributed by atoms with Crippen LogP contribution in [0, 0.1) is 6.92 Å². The van der Waals surface area contributed by atoms with Gasteiger partial charge in [-0.2, -0.15) is 0 Å². The fourth-order valence-electron chi connectivity index (χ4n) is 2.73. The molecule has 6 nitrogen and oxygen atoms in total. The summed E-state index contributed by atoms with van der Waals surface area (Å²) in [5, 5.41) is 0. The van der Waals surface area contributed by atoms with E-state index in [2.05, 4.69) is 0 Å². The van der Waals surface area contributed by atoms with Crippen LogP contribution in [0.25, 0.3) is 6.08 Å². The van der Waals surface area contributed by atoms with E-state index in [1.807, 2.05) is 51.1 Å². The third kappa shape index (κ3) is 6.95. The molecule has 2 aromatic rings. The number of hydrogen-bond donors (Lipinski definition) is 0. The van der Waals surface area contributed by atoms with Gasteiger partial charge in [-0.25, -0.2) is 4.79 Å². The van der Waals surface area contributed by atoms with E-state index in [0.29, 0.717) is 18.0 Å². The second kappa shape index (κ2) is 11.0. The number of ether oxygens (including phenoxy) is 3. The van der Waals surface area contributed by atoms with Crippen LogP contribution in [0.15, 0.2) is 48.5 Å². The highest BCUT2D eigenvalue weighted by Crippen LogP contribution is 2.29. The monoisotopic (exact) mass is 411 g/mol. The van der Waals surface area contributed by atoms with Gasteiger partial charge >= 0.3 is 5.97 Å². The van der Waals surface area contributed by atoms with Gasteiger partial charge in [0.15, 0.2) is 18.1 Å². The molecule has 2 aromatic carbocycles. The van der Waals surface area contributed by atoms with Gasteiger partial charge in [-0.15, -0.1) is 0 Å². The summed E-state index contributed by atoms with van der Waals surface area (Å²) in [6.45, 7) is 6.01. The van der Waals surface area contributed by atoms with Crippen LogP contribution in [0.1, 0.15) is 30.5 Å². The average Bonchev–Trinajstić information content (AvgIpc) is 2.72. The zero-order valence-electron chi connectivity index (χ0n) is 18.2. The van der Waals surface area contributed by atoms with Gasteiger partial charge in [0.05, 0.1) is 13.2 Å². The molecule has 0 saturated carbocycles. The topological polar surface area (TPSA) is 65.1 Å². The van der Waals surface area contributed by atoms with Crippen LogP contribution in [0.2, 0.25) is 0 Å². The van der Waals surface area contributed by atoms with Crippen LogP contribution in [0.5, 0.6) is 11.5 Å². The smallest absolute Gasteiger partial charge is 0.331 e. The van der Waals surface area contributed by atoms with E-state index >= 15 is 0 Å². The normalized spacial score (nSPS) is 10.9. The number of amides is 1. The van der Waals surface area contributed by atoms with E-state index in [4.69, 9.17) is 14.2 Å². The Morgan fingerprint density at radius 1 is 1.10 bits per heavy atom. The lowest BCUT2D eigenvalue weighted by atomic mass is 10.1. The molecule has 0 saturated heterocycles. The van der Waals surface area contributed by atoms with Crippen molar-refractivity contribution in [3.63, 3.8) is 0 Å². The summed E-state index contributed by atoms with van der Waals surface area (Å²) >= 11 is 0. The number of likely N-dealkylation sites (N-methyl/N-ethyl adjacent to an activating group) is 1. The summed E-state index contributed by atoms with van der Waals surface area (Å²) in [7, 11) is 3.24. The minimum absolute atomic E-state index is 0.0248. The van der Waals surface area contributed by atoms with Gasteiger partial charge in [-0.3, -0.25) is 4.79 Å². The first-order valence-electron chi connectivity index (χ1n) is 9.78. The lowest BCUT2D eigenvalue weighted by molar-refractivity contribution is -0.147. The number of hydrogen-bond acceptors (Lipinski definition) is 5. The lowest BCUT2D eigenvalue weighted by Gasteiger charge is -2.18. The maximum atomic E-state index is 12.2. The molecule has 30 heavy (non-hydrogen) atoms. The van der Waals surface area contributed by atoms with Crippen molar-refractivity contribution in [2.75, 3.05) is 20.8 Å². The Balaban J connectivity index is 1.88. The van der Waals surface area contributed by atoms with Crippen molar-refractivity contribution in [2.45, 2.75) is 33.4 Å². The van der Waals surface area contributed by atoms with Gasteiger partial charge in [0.1, 0.15) is 0 Å². The summed E-state index contributed by atoms with van der Waals surface area (Å²) in [5.41, 5.74) is 2.92. The number of aryl methyl sites for hydroxylation is 1. The molecule has 0 aliphatic rings.